The summed E-state index contributed by atoms with van der Waals surface area (Å²) in [5, 5.41) is 3.25. The van der Waals surface area contributed by atoms with E-state index in [4.69, 9.17) is 23.2 Å². The van der Waals surface area contributed by atoms with E-state index in [0.29, 0.717) is 11.3 Å². The standard InChI is InChI=1S/C15H10Cl2NO2/c16-11-5-3-6-12(17)14(11)15(20)18-13-7-2-1-4-10(13)8-9-19/h1-7H,8H2,(H,18,20). The molecule has 0 saturated heterocycles. The molecule has 0 aromatic heterocycles. The molecular formula is C15H10Cl2NO2. The lowest BCUT2D eigenvalue weighted by atomic mass is 10.1. The SMILES string of the molecule is O=[C]Cc1ccccc1NC(=O)c1c(Cl)cccc1Cl. The smallest absolute Gasteiger partial charge is 0.258 e. The van der Waals surface area contributed by atoms with Gasteiger partial charge in [0.1, 0.15) is 0 Å². The van der Waals surface area contributed by atoms with E-state index in [1.807, 2.05) is 0 Å². The Hall–Kier alpha value is -1.84. The van der Waals surface area contributed by atoms with Crippen molar-refractivity contribution in [2.45, 2.75) is 6.42 Å². The summed E-state index contributed by atoms with van der Waals surface area (Å²) < 4.78 is 0. The monoisotopic (exact) mass is 306 g/mol. The van der Waals surface area contributed by atoms with E-state index >= 15 is 0 Å². The van der Waals surface area contributed by atoms with Crippen LogP contribution in [-0.4, -0.2) is 12.2 Å². The van der Waals surface area contributed by atoms with Gasteiger partial charge in [-0.05, 0) is 23.8 Å². The quantitative estimate of drug-likeness (QED) is 0.931. The van der Waals surface area contributed by atoms with Gasteiger partial charge in [0.05, 0.1) is 15.6 Å². The van der Waals surface area contributed by atoms with Gasteiger partial charge in [0.15, 0.2) is 0 Å². The summed E-state index contributed by atoms with van der Waals surface area (Å²) in [5.74, 6) is -0.418. The van der Waals surface area contributed by atoms with Crippen molar-refractivity contribution < 1.29 is 9.59 Å². The van der Waals surface area contributed by atoms with Crippen LogP contribution in [0.1, 0.15) is 15.9 Å². The topological polar surface area (TPSA) is 46.2 Å². The molecule has 3 nitrogen and oxygen atoms in total. The summed E-state index contributed by atoms with van der Waals surface area (Å²) in [5.41, 5.74) is 1.43. The molecule has 0 heterocycles. The fourth-order valence-corrected chi connectivity index (χ4v) is 2.34. The maximum atomic E-state index is 12.2. The molecule has 0 saturated carbocycles. The van der Waals surface area contributed by atoms with Crippen LogP contribution in [0, 0.1) is 0 Å². The number of hydrogen-bond acceptors (Lipinski definition) is 2. The van der Waals surface area contributed by atoms with Gasteiger partial charge in [-0.1, -0.05) is 47.5 Å². The van der Waals surface area contributed by atoms with Crippen molar-refractivity contribution in [1.29, 1.82) is 0 Å². The summed E-state index contributed by atoms with van der Waals surface area (Å²) in [4.78, 5) is 22.7. The highest BCUT2D eigenvalue weighted by atomic mass is 35.5. The Morgan fingerprint density at radius 2 is 1.70 bits per heavy atom. The van der Waals surface area contributed by atoms with Gasteiger partial charge in [-0.15, -0.1) is 0 Å². The highest BCUT2D eigenvalue weighted by Crippen LogP contribution is 2.26. The Labute approximate surface area is 126 Å². The van der Waals surface area contributed by atoms with Crippen LogP contribution in [0.2, 0.25) is 10.0 Å². The van der Waals surface area contributed by atoms with Crippen molar-refractivity contribution >= 4 is 41.1 Å². The van der Waals surface area contributed by atoms with Gasteiger partial charge in [-0.3, -0.25) is 9.59 Å². The Morgan fingerprint density at radius 3 is 2.35 bits per heavy atom. The molecule has 2 aromatic carbocycles. The fraction of sp³-hybridized carbons (Fsp3) is 0.0667. The Morgan fingerprint density at radius 1 is 1.05 bits per heavy atom. The summed E-state index contributed by atoms with van der Waals surface area (Å²) in [7, 11) is 0. The van der Waals surface area contributed by atoms with Crippen LogP contribution >= 0.6 is 23.2 Å². The molecule has 20 heavy (non-hydrogen) atoms. The molecule has 0 fully saturated rings. The third-order valence-corrected chi connectivity index (χ3v) is 3.35. The molecule has 0 aliphatic rings. The summed E-state index contributed by atoms with van der Waals surface area (Å²) in [6, 6.07) is 11.8. The molecule has 0 spiro atoms. The third kappa shape index (κ3) is 3.18. The van der Waals surface area contributed by atoms with Crippen LogP contribution in [0.15, 0.2) is 42.5 Å². The van der Waals surface area contributed by atoms with Crippen LogP contribution < -0.4 is 5.32 Å². The number of amides is 1. The highest BCUT2D eigenvalue weighted by Gasteiger charge is 2.15. The summed E-state index contributed by atoms with van der Waals surface area (Å²) in [6.07, 6.45) is 1.91. The predicted molar refractivity (Wildman–Crippen MR) is 80.3 cm³/mol. The van der Waals surface area contributed by atoms with E-state index in [1.54, 1.807) is 48.8 Å². The molecule has 0 bridgehead atoms. The molecule has 1 radical (unpaired) electrons. The fourth-order valence-electron chi connectivity index (χ4n) is 1.77. The summed E-state index contributed by atoms with van der Waals surface area (Å²) in [6.45, 7) is 0. The lowest BCUT2D eigenvalue weighted by Crippen LogP contribution is -2.14. The number of halogens is 2. The molecule has 0 aliphatic heterocycles. The maximum absolute atomic E-state index is 12.2. The molecule has 1 N–H and O–H groups in total. The van der Waals surface area contributed by atoms with E-state index in [-0.39, 0.29) is 22.0 Å². The van der Waals surface area contributed by atoms with Crippen molar-refractivity contribution in [2.75, 3.05) is 5.32 Å². The van der Waals surface area contributed by atoms with Crippen LogP contribution in [0.3, 0.4) is 0 Å². The molecule has 2 aromatic rings. The minimum atomic E-state index is -0.418. The van der Waals surface area contributed by atoms with Crippen LogP contribution in [-0.2, 0) is 11.2 Å². The molecule has 0 aliphatic carbocycles. The first-order chi connectivity index (χ1) is 9.63. The van der Waals surface area contributed by atoms with Crippen LogP contribution in [0.25, 0.3) is 0 Å². The Balaban J connectivity index is 2.31. The van der Waals surface area contributed by atoms with E-state index in [2.05, 4.69) is 5.32 Å². The third-order valence-electron chi connectivity index (χ3n) is 2.72. The first-order valence-electron chi connectivity index (χ1n) is 5.81. The molecule has 1 amide bonds. The number of benzene rings is 2. The van der Waals surface area contributed by atoms with Gasteiger partial charge >= 0.3 is 0 Å². The average molecular weight is 307 g/mol. The Kier molecular flexibility index (Phi) is 4.77. The van der Waals surface area contributed by atoms with Gasteiger partial charge in [-0.2, -0.15) is 0 Å². The predicted octanol–water partition coefficient (Wildman–Crippen LogP) is 3.90. The largest absolute Gasteiger partial charge is 0.322 e. The van der Waals surface area contributed by atoms with Crippen molar-refractivity contribution in [3.63, 3.8) is 0 Å². The number of nitrogens with one attached hydrogen (secondary N) is 1. The van der Waals surface area contributed by atoms with E-state index < -0.39 is 5.91 Å². The maximum Gasteiger partial charge on any atom is 0.258 e. The zero-order valence-corrected chi connectivity index (χ0v) is 11.8. The number of carbonyl (C=O) groups excluding carboxylic acids is 2. The normalized spacial score (nSPS) is 10.1. The number of carbonyl (C=O) groups is 1. The average Bonchev–Trinajstić information content (AvgIpc) is 2.41. The molecule has 0 unspecified atom stereocenters. The minimum absolute atomic E-state index is 0.104. The molecule has 2 rings (SSSR count). The highest BCUT2D eigenvalue weighted by molar-refractivity contribution is 6.40. The second kappa shape index (κ2) is 6.55. The Bertz CT molecular complexity index is 636. The second-order valence-corrected chi connectivity index (χ2v) is 4.84. The molecule has 101 valence electrons. The molecule has 5 heteroatoms. The zero-order chi connectivity index (χ0) is 14.5. The van der Waals surface area contributed by atoms with Crippen LogP contribution in [0.5, 0.6) is 0 Å². The number of anilines is 1. The number of rotatable bonds is 4. The number of para-hydroxylation sites is 1. The van der Waals surface area contributed by atoms with Crippen molar-refractivity contribution in [3.8, 4) is 0 Å². The molecule has 0 atom stereocenters. The van der Waals surface area contributed by atoms with Gasteiger partial charge < -0.3 is 5.32 Å². The van der Waals surface area contributed by atoms with Gasteiger partial charge in [0, 0.05) is 12.1 Å². The van der Waals surface area contributed by atoms with Crippen LogP contribution in [0.4, 0.5) is 5.69 Å². The second-order valence-electron chi connectivity index (χ2n) is 4.03. The first-order valence-corrected chi connectivity index (χ1v) is 6.57. The molecular weight excluding hydrogens is 297 g/mol. The lowest BCUT2D eigenvalue weighted by Gasteiger charge is -2.11. The number of hydrogen-bond donors (Lipinski definition) is 1. The lowest BCUT2D eigenvalue weighted by molar-refractivity contribution is 0.102. The van der Waals surface area contributed by atoms with Crippen molar-refractivity contribution in [2.24, 2.45) is 0 Å². The van der Waals surface area contributed by atoms with E-state index in [1.165, 1.54) is 0 Å². The first kappa shape index (κ1) is 14.6. The van der Waals surface area contributed by atoms with Crippen molar-refractivity contribution in [1.82, 2.24) is 0 Å². The summed E-state index contributed by atoms with van der Waals surface area (Å²) >= 11 is 12.0. The van der Waals surface area contributed by atoms with Crippen molar-refractivity contribution in [3.05, 3.63) is 63.6 Å². The van der Waals surface area contributed by atoms with E-state index in [0.717, 1.165) is 0 Å². The van der Waals surface area contributed by atoms with Gasteiger partial charge in [0.25, 0.3) is 5.91 Å². The van der Waals surface area contributed by atoms with Gasteiger partial charge in [-0.25, -0.2) is 0 Å². The minimum Gasteiger partial charge on any atom is -0.322 e. The van der Waals surface area contributed by atoms with E-state index in [9.17, 15) is 9.59 Å². The van der Waals surface area contributed by atoms with Gasteiger partial charge in [0.2, 0.25) is 6.29 Å². The zero-order valence-electron chi connectivity index (χ0n) is 10.3.